The number of ether oxygens (including phenoxy) is 3. The monoisotopic (exact) mass is 513 g/mol. The van der Waals surface area contributed by atoms with Gasteiger partial charge < -0.3 is 14.2 Å². The molecule has 9 heteroatoms. The molecule has 0 radical (unpaired) electrons. The van der Waals surface area contributed by atoms with Crippen LogP contribution in [0.2, 0.25) is 0 Å². The lowest BCUT2D eigenvalue weighted by atomic mass is 10.0. The van der Waals surface area contributed by atoms with Gasteiger partial charge in [0.25, 0.3) is 5.56 Å². The number of rotatable bonds is 8. The molecule has 0 spiro atoms. The second-order valence-electron chi connectivity index (χ2n) is 8.59. The first kappa shape index (κ1) is 24.8. The van der Waals surface area contributed by atoms with E-state index in [1.807, 2.05) is 6.07 Å². The average Bonchev–Trinajstić information content (AvgIpc) is 3.23. The van der Waals surface area contributed by atoms with Crippen LogP contribution in [-0.4, -0.2) is 34.8 Å². The third-order valence-electron chi connectivity index (χ3n) is 6.15. The molecule has 8 nitrogen and oxygen atoms in total. The second kappa shape index (κ2) is 10.2. The predicted molar refractivity (Wildman–Crippen MR) is 140 cm³/mol. The zero-order valence-electron chi connectivity index (χ0n) is 20.9. The van der Waals surface area contributed by atoms with Gasteiger partial charge in [0, 0.05) is 29.8 Å². The van der Waals surface area contributed by atoms with E-state index in [0.717, 1.165) is 0 Å². The number of Topliss-reactive ketones (excluding diaryl/α,β-unsaturated/α-hetero) is 1. The van der Waals surface area contributed by atoms with Crippen LogP contribution in [0.15, 0.2) is 77.7 Å². The Morgan fingerprint density at radius 1 is 0.947 bits per heavy atom. The molecule has 0 unspecified atom stereocenters. The summed E-state index contributed by atoms with van der Waals surface area (Å²) in [7, 11) is 3.05. The van der Waals surface area contributed by atoms with E-state index in [2.05, 4.69) is 10.1 Å². The number of halogens is 1. The summed E-state index contributed by atoms with van der Waals surface area (Å²) in [4.78, 5) is 30.3. The summed E-state index contributed by atoms with van der Waals surface area (Å²) in [6, 6.07) is 18.3. The fourth-order valence-electron chi connectivity index (χ4n) is 4.30. The fraction of sp³-hybridized carbons (Fsp3) is 0.138. The lowest BCUT2D eigenvalue weighted by molar-refractivity contribution is 0.0991. The molecule has 0 saturated heterocycles. The number of carbonyl (C=O) groups is 1. The maximum atomic E-state index is 15.1. The van der Waals surface area contributed by atoms with Crippen molar-refractivity contribution in [2.45, 2.75) is 13.3 Å². The van der Waals surface area contributed by atoms with Gasteiger partial charge in [-0.1, -0.05) is 24.3 Å². The van der Waals surface area contributed by atoms with Gasteiger partial charge in [0.2, 0.25) is 0 Å². The van der Waals surface area contributed by atoms with Crippen LogP contribution in [0.3, 0.4) is 0 Å². The number of carbonyl (C=O) groups excluding carboxylic acids is 1. The van der Waals surface area contributed by atoms with Crippen molar-refractivity contribution in [3.8, 4) is 28.7 Å². The zero-order valence-corrected chi connectivity index (χ0v) is 20.9. The van der Waals surface area contributed by atoms with Gasteiger partial charge >= 0.3 is 0 Å². The van der Waals surface area contributed by atoms with Gasteiger partial charge in [-0.15, -0.1) is 0 Å². The van der Waals surface area contributed by atoms with E-state index in [1.54, 1.807) is 61.7 Å². The van der Waals surface area contributed by atoms with Gasteiger partial charge in [0.15, 0.2) is 28.8 Å². The van der Waals surface area contributed by atoms with E-state index in [0.29, 0.717) is 45.1 Å². The molecule has 0 aliphatic rings. The van der Waals surface area contributed by atoms with Gasteiger partial charge in [-0.2, -0.15) is 0 Å². The molecule has 0 saturated carbocycles. The highest BCUT2D eigenvalue weighted by atomic mass is 19.1. The number of hydrogen-bond donors (Lipinski definition) is 1. The minimum atomic E-state index is -0.645. The summed E-state index contributed by atoms with van der Waals surface area (Å²) in [5.74, 6) is 0.299. The molecule has 38 heavy (non-hydrogen) atoms. The maximum absolute atomic E-state index is 15.1. The molecule has 0 bridgehead atoms. The summed E-state index contributed by atoms with van der Waals surface area (Å²) in [5, 5.41) is 3.55. The minimum Gasteiger partial charge on any atom is -0.493 e. The van der Waals surface area contributed by atoms with E-state index in [1.165, 1.54) is 31.0 Å². The topological polar surface area (TPSA) is 95.4 Å². The van der Waals surface area contributed by atoms with E-state index in [9.17, 15) is 9.59 Å². The smallest absolute Gasteiger partial charge is 0.282 e. The molecule has 0 aliphatic heterocycles. The third-order valence-corrected chi connectivity index (χ3v) is 6.15. The Kier molecular flexibility index (Phi) is 6.66. The van der Waals surface area contributed by atoms with Crippen LogP contribution >= 0.6 is 0 Å². The van der Waals surface area contributed by atoms with E-state index >= 15 is 4.39 Å². The highest BCUT2D eigenvalue weighted by Crippen LogP contribution is 2.37. The van der Waals surface area contributed by atoms with Gasteiger partial charge in [-0.25, -0.2) is 9.07 Å². The van der Waals surface area contributed by atoms with Gasteiger partial charge in [0.1, 0.15) is 11.3 Å². The molecule has 0 aliphatic carbocycles. The summed E-state index contributed by atoms with van der Waals surface area (Å²) in [6.45, 7) is 1.66. The van der Waals surface area contributed by atoms with Crippen LogP contribution in [0.5, 0.6) is 23.0 Å². The quantitative estimate of drug-likeness (QED) is 0.279. The van der Waals surface area contributed by atoms with Crippen LogP contribution in [0.1, 0.15) is 21.6 Å². The molecule has 5 rings (SSSR count). The number of hydrogen-bond acceptors (Lipinski definition) is 6. The van der Waals surface area contributed by atoms with Crippen LogP contribution in [0, 0.1) is 12.7 Å². The lowest BCUT2D eigenvalue weighted by Crippen LogP contribution is -2.21. The van der Waals surface area contributed by atoms with Gasteiger partial charge in [0.05, 0.1) is 25.4 Å². The molecule has 0 atom stereocenters. The molecule has 192 valence electrons. The fourth-order valence-corrected chi connectivity index (χ4v) is 4.30. The summed E-state index contributed by atoms with van der Waals surface area (Å²) < 4.78 is 33.0. The number of aryl methyl sites for hydroxylation is 1. The van der Waals surface area contributed by atoms with E-state index in [-0.39, 0.29) is 17.7 Å². The molecule has 3 aromatic carbocycles. The van der Waals surface area contributed by atoms with Crippen LogP contribution in [-0.2, 0) is 6.42 Å². The summed E-state index contributed by atoms with van der Waals surface area (Å²) >= 11 is 0. The first-order valence-corrected chi connectivity index (χ1v) is 11.8. The summed E-state index contributed by atoms with van der Waals surface area (Å²) in [6.07, 6.45) is 1.41. The number of aromatic amines is 1. The number of benzene rings is 3. The molecule has 0 amide bonds. The highest BCUT2D eigenvalue weighted by Gasteiger charge is 2.20. The molecule has 2 heterocycles. The van der Waals surface area contributed by atoms with Crippen molar-refractivity contribution in [2.75, 3.05) is 14.2 Å². The number of pyridine rings is 1. The Balaban J connectivity index is 1.39. The zero-order chi connectivity index (χ0) is 26.8. The number of nitrogens with one attached hydrogen (secondary N) is 1. The van der Waals surface area contributed by atoms with E-state index < -0.39 is 17.2 Å². The van der Waals surface area contributed by atoms with E-state index in [4.69, 9.17) is 14.2 Å². The average molecular weight is 514 g/mol. The molecule has 5 aromatic rings. The Labute approximate surface area is 217 Å². The number of H-pyrrole nitrogens is 1. The van der Waals surface area contributed by atoms with Crippen molar-refractivity contribution in [2.24, 2.45) is 0 Å². The van der Waals surface area contributed by atoms with Crippen molar-refractivity contribution in [3.05, 3.63) is 106 Å². The third kappa shape index (κ3) is 4.61. The summed E-state index contributed by atoms with van der Waals surface area (Å²) in [5.41, 5.74) is 1.66. The molecule has 2 aromatic heterocycles. The predicted octanol–water partition coefficient (Wildman–Crippen LogP) is 5.40. The first-order valence-electron chi connectivity index (χ1n) is 11.8. The van der Waals surface area contributed by atoms with Crippen molar-refractivity contribution in [1.29, 1.82) is 0 Å². The van der Waals surface area contributed by atoms with Crippen molar-refractivity contribution in [1.82, 2.24) is 14.8 Å². The standard InChI is InChI=1S/C29H24FN3O5/c1-17-28(29(35)33(32-17)19-7-5-4-6-8-19)23(34)14-18-9-10-25(21(30)13-18)38-24-11-12-31-22-16-27(37-3)26(36-2)15-20(22)24/h4-13,15-16,32H,14H2,1-3H3. The molecule has 0 fully saturated rings. The van der Waals surface area contributed by atoms with Crippen LogP contribution in [0.25, 0.3) is 16.6 Å². The number of nitrogens with zero attached hydrogens (tertiary/aromatic N) is 2. The number of ketones is 1. The van der Waals surface area contributed by atoms with Crippen molar-refractivity contribution < 1.29 is 23.4 Å². The Hall–Kier alpha value is -4.92. The number of fused-ring (bicyclic) bond motifs is 1. The molecular weight excluding hydrogens is 489 g/mol. The lowest BCUT2D eigenvalue weighted by Gasteiger charge is -2.13. The number of para-hydroxylation sites is 1. The number of aromatic nitrogens is 3. The largest absolute Gasteiger partial charge is 0.493 e. The van der Waals surface area contributed by atoms with Crippen molar-refractivity contribution in [3.63, 3.8) is 0 Å². The van der Waals surface area contributed by atoms with Crippen LogP contribution in [0.4, 0.5) is 4.39 Å². The van der Waals surface area contributed by atoms with Crippen LogP contribution < -0.4 is 19.8 Å². The molecular formula is C29H24FN3O5. The SMILES string of the molecule is COc1cc2nccc(Oc3ccc(CC(=O)c4c(C)[nH]n(-c5ccccc5)c4=O)cc3F)c2cc1OC. The number of methoxy groups -OCH3 is 2. The Morgan fingerprint density at radius 3 is 2.39 bits per heavy atom. The minimum absolute atomic E-state index is 0.0206. The van der Waals surface area contributed by atoms with Gasteiger partial charge in [-0.05, 0) is 48.9 Å². The normalized spacial score (nSPS) is 10.9. The molecule has 1 N–H and O–H groups in total. The maximum Gasteiger partial charge on any atom is 0.282 e. The second-order valence-corrected chi connectivity index (χ2v) is 8.59. The Morgan fingerprint density at radius 2 is 1.68 bits per heavy atom. The van der Waals surface area contributed by atoms with Gasteiger partial charge in [-0.3, -0.25) is 19.7 Å². The first-order chi connectivity index (χ1) is 18.4. The Bertz CT molecular complexity index is 1710. The highest BCUT2D eigenvalue weighted by molar-refractivity contribution is 5.98. The van der Waals surface area contributed by atoms with Crippen molar-refractivity contribution >= 4 is 16.7 Å².